The number of aromatic nitrogens is 2. The van der Waals surface area contributed by atoms with Gasteiger partial charge in [-0.2, -0.15) is 10.4 Å². The summed E-state index contributed by atoms with van der Waals surface area (Å²) in [5.41, 5.74) is 0.209. The van der Waals surface area contributed by atoms with E-state index in [2.05, 4.69) is 31.9 Å². The van der Waals surface area contributed by atoms with Gasteiger partial charge < -0.3 is 0 Å². The predicted molar refractivity (Wildman–Crippen MR) is 78.4 cm³/mol. The normalized spacial score (nSPS) is 26.3. The Bertz CT molecular complexity index is 558. The molecule has 0 N–H and O–H groups in total. The van der Waals surface area contributed by atoms with Gasteiger partial charge in [0.15, 0.2) is 0 Å². The molecule has 1 aliphatic carbocycles. The molecule has 1 heterocycles. The molecule has 2 rings (SSSR count). The standard InChI is InChI=1S/C15H22N4O2/c1-4-15(2,3)12-6-5-11(8-16)14(7-12)18-10-13(9-17-18)19(20)21/h9-12,14H,4-7H2,1-3H3. The smallest absolute Gasteiger partial charge is 0.261 e. The van der Waals surface area contributed by atoms with E-state index in [1.54, 1.807) is 4.68 Å². The van der Waals surface area contributed by atoms with E-state index in [9.17, 15) is 15.4 Å². The molecule has 21 heavy (non-hydrogen) atoms. The van der Waals surface area contributed by atoms with Gasteiger partial charge in [-0.3, -0.25) is 14.8 Å². The van der Waals surface area contributed by atoms with E-state index in [-0.39, 0.29) is 23.1 Å². The number of rotatable bonds is 4. The third-order valence-corrected chi connectivity index (χ3v) is 5.14. The summed E-state index contributed by atoms with van der Waals surface area (Å²) in [6.07, 6.45) is 6.54. The molecule has 0 amide bonds. The highest BCUT2D eigenvalue weighted by atomic mass is 16.6. The second-order valence-corrected chi connectivity index (χ2v) is 6.59. The van der Waals surface area contributed by atoms with Gasteiger partial charge in [0.1, 0.15) is 12.4 Å². The molecule has 0 aliphatic heterocycles. The molecule has 6 nitrogen and oxygen atoms in total. The SMILES string of the molecule is CCC(C)(C)C1CCC(C#N)C(n2cc([N+](=O)[O-])cn2)C1. The molecule has 0 spiro atoms. The summed E-state index contributed by atoms with van der Waals surface area (Å²) >= 11 is 0. The summed E-state index contributed by atoms with van der Waals surface area (Å²) in [6, 6.07) is 2.29. The van der Waals surface area contributed by atoms with E-state index in [0.717, 1.165) is 25.7 Å². The van der Waals surface area contributed by atoms with Crippen LogP contribution in [-0.2, 0) is 0 Å². The fourth-order valence-corrected chi connectivity index (χ4v) is 3.19. The lowest BCUT2D eigenvalue weighted by molar-refractivity contribution is -0.385. The first-order valence-corrected chi connectivity index (χ1v) is 7.47. The quantitative estimate of drug-likeness (QED) is 0.625. The van der Waals surface area contributed by atoms with Crippen molar-refractivity contribution in [1.82, 2.24) is 9.78 Å². The van der Waals surface area contributed by atoms with Gasteiger partial charge in [0.25, 0.3) is 0 Å². The Morgan fingerprint density at radius 2 is 2.29 bits per heavy atom. The lowest BCUT2D eigenvalue weighted by Gasteiger charge is -2.41. The van der Waals surface area contributed by atoms with Gasteiger partial charge in [0.05, 0.1) is 23.0 Å². The molecule has 114 valence electrons. The minimum absolute atomic E-state index is 0.0106. The Balaban J connectivity index is 2.24. The topological polar surface area (TPSA) is 84.8 Å². The van der Waals surface area contributed by atoms with E-state index in [1.165, 1.54) is 12.4 Å². The summed E-state index contributed by atoms with van der Waals surface area (Å²) in [4.78, 5) is 10.4. The molecule has 0 aromatic carbocycles. The van der Waals surface area contributed by atoms with Gasteiger partial charge in [-0.15, -0.1) is 0 Å². The van der Waals surface area contributed by atoms with Crippen molar-refractivity contribution >= 4 is 5.69 Å². The zero-order valence-corrected chi connectivity index (χ0v) is 12.8. The van der Waals surface area contributed by atoms with Crippen molar-refractivity contribution in [2.24, 2.45) is 17.3 Å². The molecule has 0 bridgehead atoms. The van der Waals surface area contributed by atoms with Crippen LogP contribution in [0.25, 0.3) is 0 Å². The lowest BCUT2D eigenvalue weighted by atomic mass is 9.66. The third-order valence-electron chi connectivity index (χ3n) is 5.14. The number of hydrogen-bond acceptors (Lipinski definition) is 4. The highest BCUT2D eigenvalue weighted by Crippen LogP contribution is 2.46. The number of hydrogen-bond donors (Lipinski definition) is 0. The molecule has 1 fully saturated rings. The zero-order chi connectivity index (χ0) is 15.6. The summed E-state index contributed by atoms with van der Waals surface area (Å²) in [6.45, 7) is 6.70. The van der Waals surface area contributed by atoms with Crippen molar-refractivity contribution in [2.45, 2.75) is 52.5 Å². The van der Waals surface area contributed by atoms with Crippen LogP contribution in [-0.4, -0.2) is 14.7 Å². The van der Waals surface area contributed by atoms with Crippen molar-refractivity contribution in [3.8, 4) is 6.07 Å². The van der Waals surface area contributed by atoms with Crippen LogP contribution in [0, 0.1) is 38.7 Å². The lowest BCUT2D eigenvalue weighted by Crippen LogP contribution is -2.34. The van der Waals surface area contributed by atoms with Crippen LogP contribution in [0.2, 0.25) is 0 Å². The molecule has 1 aromatic heterocycles. The van der Waals surface area contributed by atoms with Crippen LogP contribution in [0.4, 0.5) is 5.69 Å². The summed E-state index contributed by atoms with van der Waals surface area (Å²) in [7, 11) is 0. The monoisotopic (exact) mass is 290 g/mol. The molecular formula is C15H22N4O2. The molecule has 6 heteroatoms. The summed E-state index contributed by atoms with van der Waals surface area (Å²) in [5.74, 6) is 0.397. The largest absolute Gasteiger partial charge is 0.307 e. The van der Waals surface area contributed by atoms with Crippen LogP contribution in [0.15, 0.2) is 12.4 Å². The molecule has 1 saturated carbocycles. The van der Waals surface area contributed by atoms with Gasteiger partial charge in [-0.25, -0.2) is 0 Å². The van der Waals surface area contributed by atoms with Gasteiger partial charge in [-0.05, 0) is 30.6 Å². The highest BCUT2D eigenvalue weighted by molar-refractivity contribution is 5.21. The maximum atomic E-state index is 10.8. The van der Waals surface area contributed by atoms with E-state index in [4.69, 9.17) is 0 Å². The molecule has 1 aliphatic rings. The van der Waals surface area contributed by atoms with E-state index in [1.807, 2.05) is 0 Å². The van der Waals surface area contributed by atoms with Crippen molar-refractivity contribution < 1.29 is 4.92 Å². The van der Waals surface area contributed by atoms with E-state index < -0.39 is 4.92 Å². The first-order valence-electron chi connectivity index (χ1n) is 7.47. The van der Waals surface area contributed by atoms with Crippen LogP contribution in [0.5, 0.6) is 0 Å². The van der Waals surface area contributed by atoms with Crippen LogP contribution in [0.1, 0.15) is 52.5 Å². The minimum Gasteiger partial charge on any atom is -0.261 e. The second kappa shape index (κ2) is 5.84. The van der Waals surface area contributed by atoms with Crippen molar-refractivity contribution in [3.05, 3.63) is 22.5 Å². The molecule has 1 aromatic rings. The average molecular weight is 290 g/mol. The Morgan fingerprint density at radius 3 is 2.81 bits per heavy atom. The number of nitrogens with zero attached hydrogens (tertiary/aromatic N) is 4. The van der Waals surface area contributed by atoms with Gasteiger partial charge in [0, 0.05) is 0 Å². The summed E-state index contributed by atoms with van der Waals surface area (Å²) < 4.78 is 1.63. The third kappa shape index (κ3) is 3.07. The fourth-order valence-electron chi connectivity index (χ4n) is 3.19. The number of nitro groups is 1. The first kappa shape index (κ1) is 15.5. The minimum atomic E-state index is -0.443. The molecule has 3 unspecified atom stereocenters. The maximum Gasteiger partial charge on any atom is 0.307 e. The Hall–Kier alpha value is -1.90. The second-order valence-electron chi connectivity index (χ2n) is 6.59. The van der Waals surface area contributed by atoms with Crippen LogP contribution >= 0.6 is 0 Å². The Morgan fingerprint density at radius 1 is 1.57 bits per heavy atom. The van der Waals surface area contributed by atoms with E-state index in [0.29, 0.717) is 5.92 Å². The number of nitriles is 1. The van der Waals surface area contributed by atoms with Gasteiger partial charge in [-0.1, -0.05) is 27.2 Å². The van der Waals surface area contributed by atoms with E-state index >= 15 is 0 Å². The van der Waals surface area contributed by atoms with Crippen LogP contribution < -0.4 is 0 Å². The molecular weight excluding hydrogens is 268 g/mol. The first-order chi connectivity index (χ1) is 9.89. The highest BCUT2D eigenvalue weighted by Gasteiger charge is 2.38. The average Bonchev–Trinajstić information content (AvgIpc) is 2.96. The van der Waals surface area contributed by atoms with Crippen LogP contribution in [0.3, 0.4) is 0 Å². The van der Waals surface area contributed by atoms with Crippen molar-refractivity contribution in [1.29, 1.82) is 5.26 Å². The van der Waals surface area contributed by atoms with Crippen molar-refractivity contribution in [3.63, 3.8) is 0 Å². The predicted octanol–water partition coefficient (Wildman–Crippen LogP) is 3.71. The maximum absolute atomic E-state index is 10.8. The molecule has 0 saturated heterocycles. The van der Waals surface area contributed by atoms with Crippen molar-refractivity contribution in [2.75, 3.05) is 0 Å². The summed E-state index contributed by atoms with van der Waals surface area (Å²) in [5, 5.41) is 24.3. The fraction of sp³-hybridized carbons (Fsp3) is 0.733. The Kier molecular flexibility index (Phi) is 4.31. The molecule has 0 radical (unpaired) electrons. The molecule has 3 atom stereocenters. The zero-order valence-electron chi connectivity index (χ0n) is 12.8. The van der Waals surface area contributed by atoms with Gasteiger partial charge in [0.2, 0.25) is 0 Å². The van der Waals surface area contributed by atoms with Gasteiger partial charge >= 0.3 is 5.69 Å². The Labute approximate surface area is 124 Å².